The van der Waals surface area contributed by atoms with Gasteiger partial charge in [-0.3, -0.25) is 0 Å². The first-order valence-electron chi connectivity index (χ1n) is 5.53. The van der Waals surface area contributed by atoms with E-state index in [4.69, 9.17) is 5.11 Å². The third-order valence-electron chi connectivity index (χ3n) is 3.19. The van der Waals surface area contributed by atoms with Crippen molar-refractivity contribution >= 4 is 0 Å². The summed E-state index contributed by atoms with van der Waals surface area (Å²) in [5.41, 5.74) is 0. The van der Waals surface area contributed by atoms with Gasteiger partial charge in [-0.15, -0.1) is 0 Å². The van der Waals surface area contributed by atoms with Gasteiger partial charge < -0.3 is 10.2 Å². The van der Waals surface area contributed by atoms with E-state index in [0.29, 0.717) is 12.5 Å². The molecule has 0 aromatic carbocycles. The fourth-order valence-electron chi connectivity index (χ4n) is 2.31. The molecule has 3 atom stereocenters. The van der Waals surface area contributed by atoms with Crippen LogP contribution in [0.4, 0.5) is 0 Å². The maximum Gasteiger partial charge on any atom is 0.0568 e. The zero-order valence-corrected chi connectivity index (χ0v) is 8.58. The van der Waals surface area contributed by atoms with Crippen LogP contribution in [0.15, 0.2) is 0 Å². The minimum absolute atomic E-state index is 0.0742. The average Bonchev–Trinajstić information content (AvgIpc) is 2.11. The summed E-state index contributed by atoms with van der Waals surface area (Å²) < 4.78 is 0. The molecule has 0 aliphatic heterocycles. The van der Waals surface area contributed by atoms with Gasteiger partial charge in [0.1, 0.15) is 0 Å². The summed E-state index contributed by atoms with van der Waals surface area (Å²) in [4.78, 5) is 0. The molecule has 1 aliphatic rings. The van der Waals surface area contributed by atoms with Crippen molar-refractivity contribution in [2.24, 2.45) is 11.8 Å². The first kappa shape index (κ1) is 11.0. The van der Waals surface area contributed by atoms with E-state index in [9.17, 15) is 5.11 Å². The summed E-state index contributed by atoms with van der Waals surface area (Å²) in [5.74, 6) is 1.28. The van der Waals surface area contributed by atoms with E-state index in [-0.39, 0.29) is 6.10 Å². The van der Waals surface area contributed by atoms with Crippen LogP contribution in [0.5, 0.6) is 0 Å². The molecule has 1 rings (SSSR count). The van der Waals surface area contributed by atoms with Crippen LogP contribution >= 0.6 is 0 Å². The largest absolute Gasteiger partial charge is 0.396 e. The first-order chi connectivity index (χ1) is 6.24. The van der Waals surface area contributed by atoms with Gasteiger partial charge in [0.15, 0.2) is 0 Å². The monoisotopic (exact) mass is 186 g/mol. The molecule has 0 aromatic heterocycles. The fraction of sp³-hybridized carbons (Fsp3) is 1.00. The predicted octanol–water partition coefficient (Wildman–Crippen LogP) is 1.95. The zero-order valence-electron chi connectivity index (χ0n) is 8.58. The second-order valence-corrected chi connectivity index (χ2v) is 4.47. The van der Waals surface area contributed by atoms with E-state index in [2.05, 4.69) is 6.92 Å². The average molecular weight is 186 g/mol. The van der Waals surface area contributed by atoms with Gasteiger partial charge in [-0.1, -0.05) is 13.3 Å². The molecule has 0 aromatic rings. The Morgan fingerprint density at radius 1 is 1.23 bits per heavy atom. The quantitative estimate of drug-likeness (QED) is 0.659. The molecule has 0 spiro atoms. The number of hydrogen-bond donors (Lipinski definition) is 2. The van der Waals surface area contributed by atoms with E-state index in [1.165, 1.54) is 12.8 Å². The van der Waals surface area contributed by atoms with Crippen molar-refractivity contribution in [3.63, 3.8) is 0 Å². The standard InChI is InChI=1S/C11H22O2/c1-9-5-6-11(13)10(8-9)4-2-3-7-12/h9-13H,2-8H2,1H3. The van der Waals surface area contributed by atoms with Gasteiger partial charge in [-0.25, -0.2) is 0 Å². The highest BCUT2D eigenvalue weighted by molar-refractivity contribution is 4.77. The third-order valence-corrected chi connectivity index (χ3v) is 3.19. The molecule has 0 heterocycles. The van der Waals surface area contributed by atoms with Crippen molar-refractivity contribution in [1.29, 1.82) is 0 Å². The third kappa shape index (κ3) is 3.65. The Kier molecular flexibility index (Phi) is 4.74. The van der Waals surface area contributed by atoms with Gasteiger partial charge >= 0.3 is 0 Å². The van der Waals surface area contributed by atoms with Crippen LogP contribution in [-0.4, -0.2) is 22.9 Å². The fourth-order valence-corrected chi connectivity index (χ4v) is 2.31. The van der Waals surface area contributed by atoms with Crippen LogP contribution < -0.4 is 0 Å². The normalized spacial score (nSPS) is 34.8. The second-order valence-electron chi connectivity index (χ2n) is 4.47. The molecule has 2 N–H and O–H groups in total. The van der Waals surface area contributed by atoms with Crippen molar-refractivity contribution in [3.8, 4) is 0 Å². The van der Waals surface area contributed by atoms with E-state index in [1.54, 1.807) is 0 Å². The first-order valence-corrected chi connectivity index (χ1v) is 5.53. The van der Waals surface area contributed by atoms with Gasteiger partial charge in [-0.2, -0.15) is 0 Å². The molecule has 0 radical (unpaired) electrons. The molecule has 2 heteroatoms. The predicted molar refractivity (Wildman–Crippen MR) is 53.4 cm³/mol. The highest BCUT2D eigenvalue weighted by Gasteiger charge is 2.26. The van der Waals surface area contributed by atoms with Gasteiger partial charge in [-0.05, 0) is 43.9 Å². The molecular weight excluding hydrogens is 164 g/mol. The Balaban J connectivity index is 2.21. The molecule has 2 nitrogen and oxygen atoms in total. The highest BCUT2D eigenvalue weighted by atomic mass is 16.3. The molecule has 0 saturated heterocycles. The maximum absolute atomic E-state index is 9.72. The number of rotatable bonds is 4. The molecular formula is C11H22O2. The molecule has 78 valence electrons. The Morgan fingerprint density at radius 2 is 2.00 bits per heavy atom. The van der Waals surface area contributed by atoms with E-state index in [1.807, 2.05) is 0 Å². The van der Waals surface area contributed by atoms with Gasteiger partial charge in [0.25, 0.3) is 0 Å². The van der Waals surface area contributed by atoms with E-state index < -0.39 is 0 Å². The van der Waals surface area contributed by atoms with Crippen LogP contribution in [0.3, 0.4) is 0 Å². The lowest BCUT2D eigenvalue weighted by Gasteiger charge is -2.31. The Hall–Kier alpha value is -0.0800. The smallest absolute Gasteiger partial charge is 0.0568 e. The lowest BCUT2D eigenvalue weighted by molar-refractivity contribution is 0.0455. The van der Waals surface area contributed by atoms with Gasteiger partial charge in [0, 0.05) is 6.61 Å². The Morgan fingerprint density at radius 3 is 2.69 bits per heavy atom. The summed E-state index contributed by atoms with van der Waals surface area (Å²) in [6.07, 6.45) is 6.29. The van der Waals surface area contributed by atoms with Crippen LogP contribution in [0, 0.1) is 11.8 Å². The van der Waals surface area contributed by atoms with Crippen LogP contribution in [0.25, 0.3) is 0 Å². The Bertz CT molecular complexity index is 136. The SMILES string of the molecule is CC1CCC(O)C(CCCCO)C1. The second kappa shape index (κ2) is 5.61. The van der Waals surface area contributed by atoms with E-state index >= 15 is 0 Å². The van der Waals surface area contributed by atoms with Crippen molar-refractivity contribution < 1.29 is 10.2 Å². The van der Waals surface area contributed by atoms with Crippen molar-refractivity contribution in [2.45, 2.75) is 51.6 Å². The van der Waals surface area contributed by atoms with Crippen LogP contribution in [0.2, 0.25) is 0 Å². The van der Waals surface area contributed by atoms with Crippen molar-refractivity contribution in [3.05, 3.63) is 0 Å². The number of hydrogen-bond acceptors (Lipinski definition) is 2. The molecule has 0 bridgehead atoms. The molecule has 13 heavy (non-hydrogen) atoms. The van der Waals surface area contributed by atoms with Crippen molar-refractivity contribution in [1.82, 2.24) is 0 Å². The van der Waals surface area contributed by atoms with E-state index in [0.717, 1.165) is 31.6 Å². The Labute approximate surface area is 81.0 Å². The lowest BCUT2D eigenvalue weighted by atomic mass is 9.78. The molecule has 3 unspecified atom stereocenters. The van der Waals surface area contributed by atoms with Crippen LogP contribution in [0.1, 0.15) is 45.4 Å². The summed E-state index contributed by atoms with van der Waals surface area (Å²) in [7, 11) is 0. The molecule has 1 fully saturated rings. The summed E-state index contributed by atoms with van der Waals surface area (Å²) in [5, 5.41) is 18.4. The lowest BCUT2D eigenvalue weighted by Crippen LogP contribution is -2.28. The summed E-state index contributed by atoms with van der Waals surface area (Å²) in [6, 6.07) is 0. The summed E-state index contributed by atoms with van der Waals surface area (Å²) in [6.45, 7) is 2.56. The number of aliphatic hydroxyl groups excluding tert-OH is 2. The minimum Gasteiger partial charge on any atom is -0.396 e. The van der Waals surface area contributed by atoms with Gasteiger partial charge in [0.05, 0.1) is 6.10 Å². The number of aliphatic hydroxyl groups is 2. The van der Waals surface area contributed by atoms with Gasteiger partial charge in [0.2, 0.25) is 0 Å². The highest BCUT2D eigenvalue weighted by Crippen LogP contribution is 2.32. The zero-order chi connectivity index (χ0) is 9.68. The summed E-state index contributed by atoms with van der Waals surface area (Å²) >= 11 is 0. The molecule has 0 amide bonds. The van der Waals surface area contributed by atoms with Crippen LogP contribution in [-0.2, 0) is 0 Å². The number of unbranched alkanes of at least 4 members (excludes halogenated alkanes) is 1. The minimum atomic E-state index is -0.0742. The molecule has 1 saturated carbocycles. The maximum atomic E-state index is 9.72. The molecule has 1 aliphatic carbocycles. The van der Waals surface area contributed by atoms with Crippen molar-refractivity contribution in [2.75, 3.05) is 6.61 Å². The topological polar surface area (TPSA) is 40.5 Å².